The molecular weight excluding hydrogens is 565 g/mol. The SMILES string of the molecule is c1ccc(-c2ccc(N(c3ccc(-c4ccccc4)cc3)c3cccc4c5cccc6c5n(c34)-c3ccccc3S6)cc2)cc1. The molecule has 2 heterocycles. The lowest BCUT2D eigenvalue weighted by Gasteiger charge is -2.28. The van der Waals surface area contributed by atoms with E-state index in [0.29, 0.717) is 0 Å². The largest absolute Gasteiger partial charge is 0.308 e. The van der Waals surface area contributed by atoms with Gasteiger partial charge in [-0.25, -0.2) is 0 Å². The van der Waals surface area contributed by atoms with E-state index in [-0.39, 0.29) is 0 Å². The van der Waals surface area contributed by atoms with E-state index in [0.717, 1.165) is 17.1 Å². The molecule has 1 aliphatic heterocycles. The zero-order valence-electron chi connectivity index (χ0n) is 24.5. The maximum absolute atomic E-state index is 2.49. The Hall–Kier alpha value is -5.51. The predicted molar refractivity (Wildman–Crippen MR) is 190 cm³/mol. The van der Waals surface area contributed by atoms with E-state index < -0.39 is 0 Å². The standard InChI is InChI=1S/C42H28N2S/c1-3-11-29(12-4-1)31-21-25-33(26-22-31)43(34-27-23-32(24-28-34)30-13-5-2-6-14-30)38-18-9-15-35-36-16-10-20-40-42(36)44(41(35)38)37-17-7-8-19-39(37)45-40/h1-28H. The zero-order valence-corrected chi connectivity index (χ0v) is 25.3. The highest BCUT2D eigenvalue weighted by atomic mass is 32.2. The highest BCUT2D eigenvalue weighted by Gasteiger charge is 2.26. The maximum atomic E-state index is 2.49. The van der Waals surface area contributed by atoms with Gasteiger partial charge in [0.15, 0.2) is 0 Å². The molecule has 0 bridgehead atoms. The minimum atomic E-state index is 1.12. The molecule has 0 radical (unpaired) electrons. The lowest BCUT2D eigenvalue weighted by molar-refractivity contribution is 1.09. The van der Waals surface area contributed by atoms with Crippen molar-refractivity contribution in [2.45, 2.75) is 9.79 Å². The fraction of sp³-hybridized carbons (Fsp3) is 0. The predicted octanol–water partition coefficient (Wildman–Crippen LogP) is 12.1. The Morgan fingerprint density at radius 1 is 0.378 bits per heavy atom. The molecule has 0 saturated heterocycles. The van der Waals surface area contributed by atoms with Crippen LogP contribution < -0.4 is 4.90 Å². The monoisotopic (exact) mass is 592 g/mol. The Morgan fingerprint density at radius 2 is 0.867 bits per heavy atom. The molecule has 0 spiro atoms. The number of hydrogen-bond acceptors (Lipinski definition) is 2. The fourth-order valence-electron chi connectivity index (χ4n) is 6.71. The third-order valence-electron chi connectivity index (χ3n) is 8.78. The van der Waals surface area contributed by atoms with Crippen LogP contribution in [0.2, 0.25) is 0 Å². The van der Waals surface area contributed by atoms with E-state index in [1.165, 1.54) is 59.5 Å². The first-order valence-electron chi connectivity index (χ1n) is 15.3. The molecule has 0 fully saturated rings. The Kier molecular flexibility index (Phi) is 6.10. The molecule has 3 heteroatoms. The molecule has 0 atom stereocenters. The Balaban J connectivity index is 1.29. The molecule has 9 rings (SSSR count). The van der Waals surface area contributed by atoms with E-state index in [1.54, 1.807) is 0 Å². The summed E-state index contributed by atoms with van der Waals surface area (Å²) in [6.45, 7) is 0. The third kappa shape index (κ3) is 4.28. The molecule has 0 aliphatic carbocycles. The molecule has 2 nitrogen and oxygen atoms in total. The zero-order chi connectivity index (χ0) is 29.7. The Bertz CT molecular complexity index is 2240. The van der Waals surface area contributed by atoms with Crippen molar-refractivity contribution in [3.63, 3.8) is 0 Å². The van der Waals surface area contributed by atoms with E-state index in [9.17, 15) is 0 Å². The molecule has 1 aliphatic rings. The van der Waals surface area contributed by atoms with E-state index in [1.807, 2.05) is 11.8 Å². The van der Waals surface area contributed by atoms with Gasteiger partial charge in [-0.15, -0.1) is 0 Å². The number of hydrogen-bond donors (Lipinski definition) is 0. The second-order valence-electron chi connectivity index (χ2n) is 11.4. The second kappa shape index (κ2) is 10.6. The van der Waals surface area contributed by atoms with Gasteiger partial charge in [0.25, 0.3) is 0 Å². The molecule has 212 valence electrons. The molecule has 1 aromatic heterocycles. The van der Waals surface area contributed by atoms with Crippen LogP contribution in [0, 0.1) is 0 Å². The molecule has 7 aromatic carbocycles. The van der Waals surface area contributed by atoms with Crippen LogP contribution in [0.3, 0.4) is 0 Å². The van der Waals surface area contributed by atoms with Crippen LogP contribution in [-0.2, 0) is 0 Å². The van der Waals surface area contributed by atoms with Gasteiger partial charge in [0.1, 0.15) is 0 Å². The third-order valence-corrected chi connectivity index (χ3v) is 9.90. The molecule has 0 unspecified atom stereocenters. The van der Waals surface area contributed by atoms with Gasteiger partial charge < -0.3 is 9.47 Å². The summed E-state index contributed by atoms with van der Waals surface area (Å²) in [5, 5.41) is 2.54. The van der Waals surface area contributed by atoms with Crippen LogP contribution in [0.15, 0.2) is 180 Å². The number of nitrogens with zero attached hydrogens (tertiary/aromatic N) is 2. The summed E-state index contributed by atoms with van der Waals surface area (Å²) in [7, 11) is 0. The molecule has 8 aromatic rings. The maximum Gasteiger partial charge on any atom is 0.0783 e. The molecule has 45 heavy (non-hydrogen) atoms. The number of rotatable bonds is 5. The minimum Gasteiger partial charge on any atom is -0.308 e. The first-order chi connectivity index (χ1) is 22.3. The van der Waals surface area contributed by atoms with Gasteiger partial charge in [0.2, 0.25) is 0 Å². The van der Waals surface area contributed by atoms with Gasteiger partial charge in [-0.1, -0.05) is 133 Å². The average molecular weight is 593 g/mol. The van der Waals surface area contributed by atoms with Crippen LogP contribution >= 0.6 is 11.8 Å². The van der Waals surface area contributed by atoms with Gasteiger partial charge in [0, 0.05) is 31.9 Å². The highest BCUT2D eigenvalue weighted by Crippen LogP contribution is 2.50. The van der Waals surface area contributed by atoms with Gasteiger partial charge in [-0.2, -0.15) is 0 Å². The van der Waals surface area contributed by atoms with Gasteiger partial charge >= 0.3 is 0 Å². The summed E-state index contributed by atoms with van der Waals surface area (Å²) in [5.41, 5.74) is 11.9. The average Bonchev–Trinajstić information content (AvgIpc) is 3.46. The van der Waals surface area contributed by atoms with Crippen molar-refractivity contribution in [2.75, 3.05) is 4.90 Å². The van der Waals surface area contributed by atoms with Crippen LogP contribution in [0.4, 0.5) is 17.1 Å². The topological polar surface area (TPSA) is 8.17 Å². The number of fused-ring (bicyclic) bond motifs is 5. The lowest BCUT2D eigenvalue weighted by Crippen LogP contribution is -2.12. The summed E-state index contributed by atoms with van der Waals surface area (Å²) >= 11 is 1.86. The molecule has 0 amide bonds. The van der Waals surface area contributed by atoms with Crippen LogP contribution in [0.25, 0.3) is 49.7 Å². The number of aromatic nitrogens is 1. The number of para-hydroxylation sites is 3. The Labute approximate surface area is 266 Å². The van der Waals surface area contributed by atoms with Gasteiger partial charge in [-0.3, -0.25) is 0 Å². The highest BCUT2D eigenvalue weighted by molar-refractivity contribution is 7.99. The van der Waals surface area contributed by atoms with Crippen LogP contribution in [0.5, 0.6) is 0 Å². The number of benzene rings is 7. The van der Waals surface area contributed by atoms with Crippen molar-refractivity contribution in [1.29, 1.82) is 0 Å². The minimum absolute atomic E-state index is 1.12. The quantitative estimate of drug-likeness (QED) is 0.196. The number of anilines is 3. The second-order valence-corrected chi connectivity index (χ2v) is 12.5. The van der Waals surface area contributed by atoms with E-state index >= 15 is 0 Å². The summed E-state index contributed by atoms with van der Waals surface area (Å²) in [4.78, 5) is 4.98. The van der Waals surface area contributed by atoms with E-state index in [2.05, 4.69) is 179 Å². The van der Waals surface area contributed by atoms with Crippen molar-refractivity contribution < 1.29 is 0 Å². The van der Waals surface area contributed by atoms with Crippen molar-refractivity contribution in [3.8, 4) is 27.9 Å². The summed E-state index contributed by atoms with van der Waals surface area (Å²) < 4.78 is 2.49. The van der Waals surface area contributed by atoms with Crippen molar-refractivity contribution in [2.24, 2.45) is 0 Å². The molecule has 0 N–H and O–H groups in total. The van der Waals surface area contributed by atoms with Crippen molar-refractivity contribution in [3.05, 3.63) is 170 Å². The molecular formula is C42H28N2S. The van der Waals surface area contributed by atoms with Gasteiger partial charge in [0.05, 0.1) is 22.4 Å². The van der Waals surface area contributed by atoms with Crippen LogP contribution in [-0.4, -0.2) is 4.57 Å². The van der Waals surface area contributed by atoms with E-state index in [4.69, 9.17) is 0 Å². The normalized spacial score (nSPS) is 11.9. The summed E-state index contributed by atoms with van der Waals surface area (Å²) in [6.07, 6.45) is 0. The van der Waals surface area contributed by atoms with Crippen molar-refractivity contribution >= 4 is 50.6 Å². The summed E-state index contributed by atoms with van der Waals surface area (Å²) in [5.74, 6) is 0. The smallest absolute Gasteiger partial charge is 0.0783 e. The van der Waals surface area contributed by atoms with Gasteiger partial charge in [-0.05, 0) is 70.8 Å². The fourth-order valence-corrected chi connectivity index (χ4v) is 7.80. The first-order valence-corrected chi connectivity index (χ1v) is 16.1. The Morgan fingerprint density at radius 3 is 1.49 bits per heavy atom. The van der Waals surface area contributed by atoms with Crippen molar-refractivity contribution in [1.82, 2.24) is 4.57 Å². The molecule has 0 saturated carbocycles. The van der Waals surface area contributed by atoms with Crippen LogP contribution in [0.1, 0.15) is 0 Å². The summed E-state index contributed by atoms with van der Waals surface area (Å²) in [6, 6.07) is 61.3. The lowest BCUT2D eigenvalue weighted by atomic mass is 10.0. The first kappa shape index (κ1) is 25.9.